The van der Waals surface area contributed by atoms with E-state index in [2.05, 4.69) is 10.3 Å². The first-order valence-electron chi connectivity index (χ1n) is 9.09. The van der Waals surface area contributed by atoms with E-state index in [1.807, 2.05) is 26.0 Å². The zero-order valence-corrected chi connectivity index (χ0v) is 16.0. The molecule has 0 unspecified atom stereocenters. The van der Waals surface area contributed by atoms with Crippen LogP contribution in [0.2, 0.25) is 0 Å². The highest BCUT2D eigenvalue weighted by Gasteiger charge is 2.27. The zero-order chi connectivity index (χ0) is 18.5. The van der Waals surface area contributed by atoms with Gasteiger partial charge in [-0.05, 0) is 63.1 Å². The molecule has 0 fully saturated rings. The van der Waals surface area contributed by atoms with E-state index in [9.17, 15) is 9.59 Å². The van der Waals surface area contributed by atoms with Crippen LogP contribution in [0.4, 0.5) is 5.00 Å². The fourth-order valence-electron chi connectivity index (χ4n) is 3.14. The molecule has 0 aliphatic heterocycles. The molecule has 138 valence electrons. The molecule has 1 amide bonds. The molecular formula is C20H24N2O3S. The van der Waals surface area contributed by atoms with E-state index in [4.69, 9.17) is 4.74 Å². The van der Waals surface area contributed by atoms with Crippen LogP contribution in [-0.4, -0.2) is 23.0 Å². The summed E-state index contributed by atoms with van der Waals surface area (Å²) in [4.78, 5) is 30.3. The summed E-state index contributed by atoms with van der Waals surface area (Å²) in [6.07, 6.45) is 8.31. The summed E-state index contributed by atoms with van der Waals surface area (Å²) >= 11 is 1.52. The first-order chi connectivity index (χ1) is 12.5. The second-order valence-electron chi connectivity index (χ2n) is 6.78. The predicted molar refractivity (Wildman–Crippen MR) is 103 cm³/mol. The number of ether oxygens (including phenoxy) is 1. The molecule has 26 heavy (non-hydrogen) atoms. The van der Waals surface area contributed by atoms with Gasteiger partial charge in [0, 0.05) is 23.7 Å². The minimum absolute atomic E-state index is 0.0916. The number of hydrogen-bond donors (Lipinski definition) is 1. The summed E-state index contributed by atoms with van der Waals surface area (Å²) in [6.45, 7) is 3.67. The van der Waals surface area contributed by atoms with E-state index in [1.165, 1.54) is 16.2 Å². The number of fused-ring (bicyclic) bond motifs is 1. The smallest absolute Gasteiger partial charge is 0.341 e. The van der Waals surface area contributed by atoms with Crippen molar-refractivity contribution in [2.75, 3.05) is 5.32 Å². The molecular weight excluding hydrogens is 348 g/mol. The third-order valence-electron chi connectivity index (χ3n) is 4.33. The Bertz CT molecular complexity index is 784. The summed E-state index contributed by atoms with van der Waals surface area (Å²) in [7, 11) is 0. The molecule has 0 saturated carbocycles. The summed E-state index contributed by atoms with van der Waals surface area (Å²) < 4.78 is 5.42. The van der Waals surface area contributed by atoms with Crippen LogP contribution in [0.15, 0.2) is 24.5 Å². The molecule has 0 spiro atoms. The fraction of sp³-hybridized carbons (Fsp3) is 0.450. The normalized spacial score (nSPS) is 13.3. The number of aryl methyl sites for hydroxylation is 2. The van der Waals surface area contributed by atoms with Gasteiger partial charge in [0.2, 0.25) is 5.91 Å². The largest absolute Gasteiger partial charge is 0.459 e. The lowest BCUT2D eigenvalue weighted by Crippen LogP contribution is -2.18. The maximum absolute atomic E-state index is 12.6. The lowest BCUT2D eigenvalue weighted by molar-refractivity contribution is -0.116. The number of carbonyl (C=O) groups excluding carboxylic acids is 2. The molecule has 2 heterocycles. The third kappa shape index (κ3) is 4.49. The van der Waals surface area contributed by atoms with Crippen molar-refractivity contribution in [1.29, 1.82) is 0 Å². The average molecular weight is 372 g/mol. The van der Waals surface area contributed by atoms with Gasteiger partial charge >= 0.3 is 5.97 Å². The number of hydrogen-bond acceptors (Lipinski definition) is 5. The summed E-state index contributed by atoms with van der Waals surface area (Å²) in [6, 6.07) is 3.82. The SMILES string of the molecule is CC(C)OC(=O)c1c(NC(=O)CCc2cccnc2)sc2c1CCCC2. The standard InChI is InChI=1S/C20H24N2O3S/c1-13(2)25-20(24)18-15-7-3-4-8-16(15)26-19(18)22-17(23)10-9-14-6-5-11-21-12-14/h5-6,11-13H,3-4,7-10H2,1-2H3,(H,22,23). The molecule has 6 heteroatoms. The number of aromatic nitrogens is 1. The summed E-state index contributed by atoms with van der Waals surface area (Å²) in [5, 5.41) is 3.59. The molecule has 3 rings (SSSR count). The second kappa shape index (κ2) is 8.45. The average Bonchev–Trinajstić information content (AvgIpc) is 2.98. The van der Waals surface area contributed by atoms with Crippen molar-refractivity contribution >= 4 is 28.2 Å². The Morgan fingerprint density at radius 1 is 1.31 bits per heavy atom. The van der Waals surface area contributed by atoms with Crippen LogP contribution >= 0.6 is 11.3 Å². The van der Waals surface area contributed by atoms with Gasteiger partial charge in [0.25, 0.3) is 0 Å². The summed E-state index contributed by atoms with van der Waals surface area (Å²) in [5.74, 6) is -0.423. The molecule has 0 saturated heterocycles. The lowest BCUT2D eigenvalue weighted by atomic mass is 9.95. The summed E-state index contributed by atoms with van der Waals surface area (Å²) in [5.41, 5.74) is 2.65. The van der Waals surface area contributed by atoms with Crippen LogP contribution in [-0.2, 0) is 28.8 Å². The molecule has 2 aromatic rings. The van der Waals surface area contributed by atoms with Gasteiger partial charge in [-0.15, -0.1) is 11.3 Å². The van der Waals surface area contributed by atoms with Crippen LogP contribution in [0.3, 0.4) is 0 Å². The van der Waals surface area contributed by atoms with E-state index in [0.29, 0.717) is 23.4 Å². The first kappa shape index (κ1) is 18.6. The number of thiophene rings is 1. The molecule has 5 nitrogen and oxygen atoms in total. The Hall–Kier alpha value is -2.21. The van der Waals surface area contributed by atoms with Gasteiger partial charge in [-0.1, -0.05) is 6.07 Å². The Balaban J connectivity index is 1.74. The topological polar surface area (TPSA) is 68.3 Å². The molecule has 0 radical (unpaired) electrons. The molecule has 1 aliphatic carbocycles. The minimum Gasteiger partial charge on any atom is -0.459 e. The van der Waals surface area contributed by atoms with Crippen LogP contribution in [0.1, 0.15) is 59.5 Å². The van der Waals surface area contributed by atoms with Crippen LogP contribution in [0, 0.1) is 0 Å². The van der Waals surface area contributed by atoms with Crippen molar-refractivity contribution in [2.45, 2.75) is 58.5 Å². The maximum atomic E-state index is 12.6. The van der Waals surface area contributed by atoms with Crippen molar-refractivity contribution in [1.82, 2.24) is 4.98 Å². The molecule has 0 bridgehead atoms. The number of rotatable bonds is 6. The monoisotopic (exact) mass is 372 g/mol. The number of pyridine rings is 1. The van der Waals surface area contributed by atoms with E-state index in [-0.39, 0.29) is 18.0 Å². The number of nitrogens with zero attached hydrogens (tertiary/aromatic N) is 1. The van der Waals surface area contributed by atoms with E-state index >= 15 is 0 Å². The highest BCUT2D eigenvalue weighted by molar-refractivity contribution is 7.17. The van der Waals surface area contributed by atoms with Gasteiger partial charge < -0.3 is 10.1 Å². The van der Waals surface area contributed by atoms with Crippen LogP contribution < -0.4 is 5.32 Å². The van der Waals surface area contributed by atoms with E-state index < -0.39 is 0 Å². The highest BCUT2D eigenvalue weighted by Crippen LogP contribution is 2.38. The fourth-order valence-corrected chi connectivity index (χ4v) is 4.43. The van der Waals surface area contributed by atoms with Crippen molar-refractivity contribution in [3.05, 3.63) is 46.1 Å². The Kier molecular flexibility index (Phi) is 6.04. The van der Waals surface area contributed by atoms with Crippen LogP contribution in [0.5, 0.6) is 0 Å². The van der Waals surface area contributed by atoms with Gasteiger partial charge in [0.05, 0.1) is 11.7 Å². The van der Waals surface area contributed by atoms with E-state index in [1.54, 1.807) is 12.4 Å². The number of nitrogens with one attached hydrogen (secondary N) is 1. The van der Waals surface area contributed by atoms with Gasteiger partial charge in [0.1, 0.15) is 5.00 Å². The van der Waals surface area contributed by atoms with Crippen molar-refractivity contribution < 1.29 is 14.3 Å². The molecule has 0 aromatic carbocycles. The number of carbonyl (C=O) groups is 2. The van der Waals surface area contributed by atoms with E-state index in [0.717, 1.165) is 36.8 Å². The first-order valence-corrected chi connectivity index (χ1v) is 9.90. The number of esters is 1. The maximum Gasteiger partial charge on any atom is 0.341 e. The van der Waals surface area contributed by atoms with Gasteiger partial charge in [-0.25, -0.2) is 4.79 Å². The minimum atomic E-state index is -0.332. The quantitative estimate of drug-likeness (QED) is 0.773. The van der Waals surface area contributed by atoms with Crippen molar-refractivity contribution in [3.8, 4) is 0 Å². The Morgan fingerprint density at radius 2 is 2.12 bits per heavy atom. The van der Waals surface area contributed by atoms with Crippen molar-refractivity contribution in [3.63, 3.8) is 0 Å². The number of anilines is 1. The Morgan fingerprint density at radius 3 is 2.85 bits per heavy atom. The predicted octanol–water partition coefficient (Wildman–Crippen LogP) is 4.16. The lowest BCUT2D eigenvalue weighted by Gasteiger charge is -2.14. The molecule has 1 aliphatic rings. The molecule has 2 aromatic heterocycles. The van der Waals surface area contributed by atoms with Crippen molar-refractivity contribution in [2.24, 2.45) is 0 Å². The van der Waals surface area contributed by atoms with Gasteiger partial charge in [-0.2, -0.15) is 0 Å². The number of amides is 1. The molecule has 0 atom stereocenters. The third-order valence-corrected chi connectivity index (χ3v) is 5.54. The Labute approximate surface area is 157 Å². The second-order valence-corrected chi connectivity index (χ2v) is 7.88. The van der Waals surface area contributed by atoms with Gasteiger partial charge in [-0.3, -0.25) is 9.78 Å². The van der Waals surface area contributed by atoms with Gasteiger partial charge in [0.15, 0.2) is 0 Å². The van der Waals surface area contributed by atoms with Crippen LogP contribution in [0.25, 0.3) is 0 Å². The zero-order valence-electron chi connectivity index (χ0n) is 15.2. The highest BCUT2D eigenvalue weighted by atomic mass is 32.1. The molecule has 1 N–H and O–H groups in total.